The van der Waals surface area contributed by atoms with Gasteiger partial charge in [-0.1, -0.05) is 17.7 Å². The van der Waals surface area contributed by atoms with E-state index in [1.165, 1.54) is 12.1 Å². The molecule has 0 aliphatic carbocycles. The Morgan fingerprint density at radius 1 is 1.28 bits per heavy atom. The lowest BCUT2D eigenvalue weighted by Gasteiger charge is -2.26. The quantitative estimate of drug-likeness (QED) is 0.720. The molecule has 126 valence electrons. The fourth-order valence-electron chi connectivity index (χ4n) is 2.87. The second-order valence-corrected chi connectivity index (χ2v) is 7.06. The van der Waals surface area contributed by atoms with Crippen LogP contribution in [0.4, 0.5) is 10.1 Å². The maximum atomic E-state index is 13.3. The molecule has 1 amide bonds. The van der Waals surface area contributed by atoms with Gasteiger partial charge in [-0.2, -0.15) is 0 Å². The first-order chi connectivity index (χ1) is 12.1. The Balaban J connectivity index is 1.71. The maximum absolute atomic E-state index is 13.3. The second kappa shape index (κ2) is 6.46. The third kappa shape index (κ3) is 2.99. The fraction of sp³-hybridized carbons (Fsp3) is 0.111. The van der Waals surface area contributed by atoms with E-state index in [2.05, 4.69) is 10.3 Å². The molecule has 2 aromatic heterocycles. The van der Waals surface area contributed by atoms with Gasteiger partial charge in [0.2, 0.25) is 0 Å². The number of anilines is 1. The zero-order valence-corrected chi connectivity index (χ0v) is 14.5. The van der Waals surface area contributed by atoms with Crippen molar-refractivity contribution in [2.24, 2.45) is 0 Å². The summed E-state index contributed by atoms with van der Waals surface area (Å²) in [4.78, 5) is 20.0. The predicted octanol–water partition coefficient (Wildman–Crippen LogP) is 4.70. The number of benzene rings is 1. The number of aromatic nitrogens is 1. The lowest BCUT2D eigenvalue weighted by Crippen LogP contribution is -2.31. The third-order valence-corrected chi connectivity index (χ3v) is 5.20. The average Bonchev–Trinajstić information content (AvgIpc) is 3.20. The van der Waals surface area contributed by atoms with Crippen molar-refractivity contribution in [1.29, 1.82) is 0 Å². The third-order valence-electron chi connectivity index (χ3n) is 4.03. The molecule has 0 radical (unpaired) electrons. The molecule has 0 saturated heterocycles. The lowest BCUT2D eigenvalue weighted by molar-refractivity contribution is 0.0729. The van der Waals surface area contributed by atoms with Gasteiger partial charge in [-0.05, 0) is 41.8 Å². The number of hydrogen-bond acceptors (Lipinski definition) is 4. The number of thiophene rings is 1. The van der Waals surface area contributed by atoms with E-state index in [1.807, 2.05) is 17.5 Å². The van der Waals surface area contributed by atoms with Gasteiger partial charge >= 0.3 is 0 Å². The number of hydrogen-bond donors (Lipinski definition) is 1. The van der Waals surface area contributed by atoms with E-state index < -0.39 is 12.0 Å². The summed E-state index contributed by atoms with van der Waals surface area (Å²) >= 11 is 7.72. The molecule has 0 unspecified atom stereocenters. The van der Waals surface area contributed by atoms with Crippen LogP contribution in [0.5, 0.6) is 0 Å². The van der Waals surface area contributed by atoms with Crippen LogP contribution in [-0.4, -0.2) is 15.8 Å². The van der Waals surface area contributed by atoms with Crippen LogP contribution >= 0.6 is 22.9 Å². The minimum absolute atomic E-state index is 0.0905. The summed E-state index contributed by atoms with van der Waals surface area (Å²) in [5.74, 6) is -0.501. The highest BCUT2D eigenvalue weighted by Gasteiger charge is 2.38. The minimum atomic E-state index is -0.464. The van der Waals surface area contributed by atoms with E-state index >= 15 is 0 Å². The first kappa shape index (κ1) is 16.1. The number of rotatable bonds is 4. The van der Waals surface area contributed by atoms with E-state index in [-0.39, 0.29) is 10.9 Å². The molecule has 1 atom stereocenters. The van der Waals surface area contributed by atoms with Crippen LogP contribution in [0.2, 0.25) is 5.02 Å². The Morgan fingerprint density at radius 2 is 2.16 bits per heavy atom. The van der Waals surface area contributed by atoms with Gasteiger partial charge in [0.25, 0.3) is 5.91 Å². The average molecular weight is 374 g/mol. The van der Waals surface area contributed by atoms with Gasteiger partial charge in [0.05, 0.1) is 28.5 Å². The van der Waals surface area contributed by atoms with Gasteiger partial charge in [0.15, 0.2) is 0 Å². The molecule has 3 aromatic rings. The molecule has 0 fully saturated rings. The number of nitrogens with zero attached hydrogens (tertiary/aromatic N) is 2. The molecule has 1 aliphatic rings. The number of carbonyl (C=O) groups is 1. The summed E-state index contributed by atoms with van der Waals surface area (Å²) in [5, 5.41) is 5.46. The Hall–Kier alpha value is -2.44. The second-order valence-electron chi connectivity index (χ2n) is 5.62. The molecule has 4 rings (SSSR count). The van der Waals surface area contributed by atoms with Gasteiger partial charge in [-0.15, -0.1) is 11.3 Å². The highest BCUT2D eigenvalue weighted by atomic mass is 35.5. The van der Waals surface area contributed by atoms with E-state index in [4.69, 9.17) is 11.6 Å². The monoisotopic (exact) mass is 373 g/mol. The Bertz CT molecular complexity index is 932. The van der Waals surface area contributed by atoms with Crippen LogP contribution < -0.4 is 5.32 Å². The van der Waals surface area contributed by atoms with Crippen molar-refractivity contribution >= 4 is 34.5 Å². The fourth-order valence-corrected chi connectivity index (χ4v) is 3.79. The van der Waals surface area contributed by atoms with Crippen LogP contribution in [0.3, 0.4) is 0 Å². The summed E-state index contributed by atoms with van der Waals surface area (Å²) in [6.07, 6.45) is 1.19. The van der Waals surface area contributed by atoms with Crippen LogP contribution in [0, 0.1) is 5.82 Å². The lowest BCUT2D eigenvalue weighted by atomic mass is 10.2. The summed E-state index contributed by atoms with van der Waals surface area (Å²) < 4.78 is 13.3. The van der Waals surface area contributed by atoms with Gasteiger partial charge in [-0.25, -0.2) is 4.39 Å². The molecule has 0 bridgehead atoms. The van der Waals surface area contributed by atoms with Gasteiger partial charge in [-0.3, -0.25) is 9.78 Å². The molecule has 4 nitrogen and oxygen atoms in total. The first-order valence-corrected chi connectivity index (χ1v) is 8.89. The molecule has 1 aliphatic heterocycles. The normalized spacial score (nSPS) is 16.2. The smallest absolute Gasteiger partial charge is 0.258 e. The largest absolute Gasteiger partial charge is 0.359 e. The van der Waals surface area contributed by atoms with Crippen molar-refractivity contribution in [3.05, 3.63) is 81.0 Å². The van der Waals surface area contributed by atoms with E-state index in [1.54, 1.807) is 40.6 Å². The number of carbonyl (C=O) groups excluding carboxylic acids is 1. The molecular formula is C18H13ClFN3OS. The molecule has 7 heteroatoms. The number of fused-ring (bicyclic) bond motifs is 1. The molecule has 3 heterocycles. The topological polar surface area (TPSA) is 45.2 Å². The van der Waals surface area contributed by atoms with Crippen molar-refractivity contribution in [3.63, 3.8) is 0 Å². The van der Waals surface area contributed by atoms with E-state index in [9.17, 15) is 9.18 Å². The summed E-state index contributed by atoms with van der Waals surface area (Å²) in [6, 6.07) is 11.6. The molecule has 0 saturated carbocycles. The van der Waals surface area contributed by atoms with Crippen molar-refractivity contribution in [2.45, 2.75) is 12.7 Å². The maximum Gasteiger partial charge on any atom is 0.258 e. The van der Waals surface area contributed by atoms with Gasteiger partial charge in [0.1, 0.15) is 12.0 Å². The highest BCUT2D eigenvalue weighted by Crippen LogP contribution is 2.36. The number of pyridine rings is 1. The van der Waals surface area contributed by atoms with Crippen LogP contribution in [0.25, 0.3) is 0 Å². The van der Waals surface area contributed by atoms with Gasteiger partial charge in [0, 0.05) is 11.1 Å². The summed E-state index contributed by atoms with van der Waals surface area (Å²) in [6.45, 7) is 0.462. The molecular weight excluding hydrogens is 361 g/mol. The molecule has 25 heavy (non-hydrogen) atoms. The standard InChI is InChI=1S/C18H13ClFN3OS/c19-14-9-11(20)5-6-15(14)22-17-16-13(4-1-7-21-16)18(24)23(17)10-12-3-2-8-25-12/h1-9,17,22H,10H2/t17-/m1/s1. The summed E-state index contributed by atoms with van der Waals surface area (Å²) in [7, 11) is 0. The zero-order chi connectivity index (χ0) is 17.4. The molecule has 0 spiro atoms. The Morgan fingerprint density at radius 3 is 2.92 bits per heavy atom. The Kier molecular flexibility index (Phi) is 4.15. The SMILES string of the molecule is O=C1c2cccnc2[C@H](Nc2ccc(F)cc2Cl)N1Cc1cccs1. The highest BCUT2D eigenvalue weighted by molar-refractivity contribution is 7.09. The van der Waals surface area contributed by atoms with Crippen LogP contribution in [0.15, 0.2) is 54.0 Å². The Labute approximate surface area is 152 Å². The first-order valence-electron chi connectivity index (χ1n) is 7.63. The van der Waals surface area contributed by atoms with Crippen LogP contribution in [-0.2, 0) is 6.54 Å². The minimum Gasteiger partial charge on any atom is -0.359 e. The van der Waals surface area contributed by atoms with Crippen molar-refractivity contribution in [1.82, 2.24) is 9.88 Å². The summed E-state index contributed by atoms with van der Waals surface area (Å²) in [5.41, 5.74) is 1.76. The van der Waals surface area contributed by atoms with E-state index in [0.717, 1.165) is 4.88 Å². The van der Waals surface area contributed by atoms with Crippen molar-refractivity contribution < 1.29 is 9.18 Å². The van der Waals surface area contributed by atoms with E-state index in [0.29, 0.717) is 23.5 Å². The van der Waals surface area contributed by atoms with Crippen molar-refractivity contribution in [2.75, 3.05) is 5.32 Å². The number of amides is 1. The zero-order valence-electron chi connectivity index (χ0n) is 12.9. The van der Waals surface area contributed by atoms with Crippen LogP contribution in [0.1, 0.15) is 27.1 Å². The number of nitrogens with one attached hydrogen (secondary N) is 1. The molecule has 1 N–H and O–H groups in total. The predicted molar refractivity (Wildman–Crippen MR) is 96.2 cm³/mol. The van der Waals surface area contributed by atoms with Crippen molar-refractivity contribution in [3.8, 4) is 0 Å². The number of halogens is 2. The molecule has 1 aromatic carbocycles. The van der Waals surface area contributed by atoms with Gasteiger partial charge < -0.3 is 10.2 Å².